The molecule has 0 radical (unpaired) electrons. The number of ether oxygens (including phenoxy) is 2. The number of anilines is 1. The second kappa shape index (κ2) is 12.9. The van der Waals surface area contributed by atoms with E-state index in [0.29, 0.717) is 54.8 Å². The number of carbonyl (C=O) groups excluding carboxylic acids is 1. The number of rotatable bonds is 10. The van der Waals surface area contributed by atoms with Crippen molar-refractivity contribution in [2.24, 2.45) is 0 Å². The van der Waals surface area contributed by atoms with Crippen molar-refractivity contribution in [2.75, 3.05) is 39.2 Å². The van der Waals surface area contributed by atoms with Gasteiger partial charge in [0.05, 0.1) is 18.3 Å². The molecule has 0 unspecified atom stereocenters. The summed E-state index contributed by atoms with van der Waals surface area (Å²) >= 11 is 0. The number of methoxy groups -OCH3 is 2. The smallest absolute Gasteiger partial charge is 0.320 e. The Morgan fingerprint density at radius 2 is 1.90 bits per heavy atom. The molecule has 5 rings (SSSR count). The Morgan fingerprint density at radius 1 is 1.12 bits per heavy atom. The van der Waals surface area contributed by atoms with E-state index in [-0.39, 0.29) is 0 Å². The van der Waals surface area contributed by atoms with Gasteiger partial charge < -0.3 is 14.8 Å². The third kappa shape index (κ3) is 6.55. The lowest BCUT2D eigenvalue weighted by Gasteiger charge is -2.19. The van der Waals surface area contributed by atoms with Gasteiger partial charge in [0.2, 0.25) is 5.95 Å². The lowest BCUT2D eigenvalue weighted by atomic mass is 10.0. The van der Waals surface area contributed by atoms with Gasteiger partial charge >= 0.3 is 6.03 Å². The maximum Gasteiger partial charge on any atom is 0.320 e. The molecule has 41 heavy (non-hydrogen) atoms. The zero-order valence-electron chi connectivity index (χ0n) is 23.0. The number of halogens is 1. The van der Waals surface area contributed by atoms with Crippen LogP contribution in [0.2, 0.25) is 0 Å². The van der Waals surface area contributed by atoms with Crippen molar-refractivity contribution in [1.82, 2.24) is 35.1 Å². The summed E-state index contributed by atoms with van der Waals surface area (Å²) in [7, 11) is 3.18. The van der Waals surface area contributed by atoms with Crippen LogP contribution in [-0.4, -0.2) is 75.8 Å². The number of amides is 2. The summed E-state index contributed by atoms with van der Waals surface area (Å²) in [5.74, 6) is 0.404. The van der Waals surface area contributed by atoms with E-state index in [9.17, 15) is 9.18 Å². The number of nitrogens with zero attached hydrogens (tertiary/aromatic N) is 6. The largest absolute Gasteiger partial charge is 0.383 e. The number of para-hydroxylation sites is 1. The Kier molecular flexibility index (Phi) is 8.89. The van der Waals surface area contributed by atoms with E-state index in [1.165, 1.54) is 12.3 Å². The number of urea groups is 1. The molecular formula is C28H31FN8O4. The fourth-order valence-electron chi connectivity index (χ4n) is 4.60. The highest BCUT2D eigenvalue weighted by atomic mass is 19.1. The molecule has 214 valence electrons. The van der Waals surface area contributed by atoms with Gasteiger partial charge in [-0.1, -0.05) is 18.2 Å². The summed E-state index contributed by atoms with van der Waals surface area (Å²) in [5.41, 5.74) is 3.36. The summed E-state index contributed by atoms with van der Waals surface area (Å²) in [6.45, 7) is 3.46. The van der Waals surface area contributed by atoms with Crippen LogP contribution in [0.3, 0.4) is 0 Å². The van der Waals surface area contributed by atoms with E-state index < -0.39 is 24.1 Å². The summed E-state index contributed by atoms with van der Waals surface area (Å²) < 4.78 is 25.9. The van der Waals surface area contributed by atoms with Crippen molar-refractivity contribution in [3.05, 3.63) is 84.0 Å². The molecule has 1 aliphatic heterocycles. The van der Waals surface area contributed by atoms with Gasteiger partial charge in [0.15, 0.2) is 5.82 Å². The standard InChI is InChI=1S/C28H31FN8O4/c1-18-25(20-14-31-24(17-40-3)32-15-20)35-37(21-7-5-4-6-8-21)27(18)34-28(38)33-22-16-36(11-12-39-2)41-26(22)19-9-10-30-23(29)13-19/h4-10,13-15,22,26H,11-12,16-17H2,1-3H3,(H2,33,34,38)/t22-,26+/m1/s1. The van der Waals surface area contributed by atoms with E-state index in [2.05, 4.69) is 25.6 Å². The summed E-state index contributed by atoms with van der Waals surface area (Å²) in [6, 6.07) is 11.5. The highest BCUT2D eigenvalue weighted by molar-refractivity contribution is 5.91. The van der Waals surface area contributed by atoms with Gasteiger partial charge in [-0.3, -0.25) is 10.2 Å². The number of hydrogen-bond donors (Lipinski definition) is 2. The van der Waals surface area contributed by atoms with Crippen molar-refractivity contribution in [3.8, 4) is 16.9 Å². The van der Waals surface area contributed by atoms with Crippen LogP contribution in [0.15, 0.2) is 61.1 Å². The number of nitrogens with one attached hydrogen (secondary N) is 2. The molecule has 0 spiro atoms. The topological polar surface area (TPSA) is 129 Å². The van der Waals surface area contributed by atoms with E-state index in [1.807, 2.05) is 37.3 Å². The normalized spacial score (nSPS) is 17.1. The maximum absolute atomic E-state index is 13.9. The number of hydrogen-bond acceptors (Lipinski definition) is 9. The number of carbonyl (C=O) groups is 1. The Balaban J connectivity index is 1.41. The third-order valence-corrected chi connectivity index (χ3v) is 6.58. The van der Waals surface area contributed by atoms with Crippen LogP contribution < -0.4 is 10.6 Å². The lowest BCUT2D eigenvalue weighted by Crippen LogP contribution is -2.42. The Labute approximate surface area is 236 Å². The van der Waals surface area contributed by atoms with Crippen molar-refractivity contribution in [3.63, 3.8) is 0 Å². The minimum Gasteiger partial charge on any atom is -0.383 e. The van der Waals surface area contributed by atoms with Gasteiger partial charge in [0.1, 0.15) is 24.2 Å². The fraction of sp³-hybridized carbons (Fsp3) is 0.321. The zero-order valence-corrected chi connectivity index (χ0v) is 23.0. The molecule has 2 amide bonds. The quantitative estimate of drug-likeness (QED) is 0.279. The molecule has 1 aliphatic rings. The molecule has 2 atom stereocenters. The van der Waals surface area contributed by atoms with Gasteiger partial charge in [-0.25, -0.2) is 24.4 Å². The average Bonchev–Trinajstić information content (AvgIpc) is 3.53. The van der Waals surface area contributed by atoms with Crippen LogP contribution in [0.4, 0.5) is 15.0 Å². The van der Waals surface area contributed by atoms with Crippen LogP contribution in [0.1, 0.15) is 23.1 Å². The predicted octanol–water partition coefficient (Wildman–Crippen LogP) is 3.44. The van der Waals surface area contributed by atoms with Crippen LogP contribution in [-0.2, 0) is 20.9 Å². The first-order valence-electron chi connectivity index (χ1n) is 13.0. The molecule has 1 aromatic carbocycles. The number of hydroxylamine groups is 2. The molecule has 4 aromatic rings. The lowest BCUT2D eigenvalue weighted by molar-refractivity contribution is -0.154. The first-order valence-corrected chi connectivity index (χ1v) is 13.0. The molecule has 0 saturated carbocycles. The van der Waals surface area contributed by atoms with Crippen molar-refractivity contribution in [1.29, 1.82) is 0 Å². The third-order valence-electron chi connectivity index (χ3n) is 6.58. The van der Waals surface area contributed by atoms with Crippen LogP contribution in [0.5, 0.6) is 0 Å². The van der Waals surface area contributed by atoms with E-state index in [1.54, 1.807) is 42.4 Å². The molecule has 0 aliphatic carbocycles. The van der Waals surface area contributed by atoms with E-state index in [4.69, 9.17) is 19.4 Å². The monoisotopic (exact) mass is 562 g/mol. The highest BCUT2D eigenvalue weighted by Crippen LogP contribution is 2.31. The SMILES string of the molecule is COCCN1C[C@@H](NC(=O)Nc2c(C)c(-c3cnc(COC)nc3)nn2-c2ccccc2)[C@H](c2ccnc(F)c2)O1. The molecule has 4 heterocycles. The van der Waals surface area contributed by atoms with Gasteiger partial charge in [0, 0.05) is 57.0 Å². The number of benzene rings is 1. The van der Waals surface area contributed by atoms with Crippen molar-refractivity contribution in [2.45, 2.75) is 25.7 Å². The number of pyridine rings is 1. The Bertz CT molecular complexity index is 1470. The Morgan fingerprint density at radius 3 is 2.61 bits per heavy atom. The van der Waals surface area contributed by atoms with Gasteiger partial charge in [-0.15, -0.1) is 0 Å². The fourth-order valence-corrected chi connectivity index (χ4v) is 4.60. The first kappa shape index (κ1) is 28.2. The average molecular weight is 563 g/mol. The van der Waals surface area contributed by atoms with Gasteiger partial charge in [0.25, 0.3) is 0 Å². The van der Waals surface area contributed by atoms with Gasteiger partial charge in [-0.05, 0) is 36.8 Å². The highest BCUT2D eigenvalue weighted by Gasteiger charge is 2.37. The molecule has 2 N–H and O–H groups in total. The van der Waals surface area contributed by atoms with Crippen LogP contribution in [0.25, 0.3) is 16.9 Å². The second-order valence-electron chi connectivity index (χ2n) is 9.41. The summed E-state index contributed by atoms with van der Waals surface area (Å²) in [5, 5.41) is 12.5. The molecule has 1 saturated heterocycles. The van der Waals surface area contributed by atoms with Crippen molar-refractivity contribution >= 4 is 11.8 Å². The van der Waals surface area contributed by atoms with Crippen LogP contribution >= 0.6 is 0 Å². The number of aromatic nitrogens is 5. The van der Waals surface area contributed by atoms with Crippen molar-refractivity contribution < 1.29 is 23.5 Å². The molecular weight excluding hydrogens is 531 g/mol. The first-order chi connectivity index (χ1) is 20.0. The summed E-state index contributed by atoms with van der Waals surface area (Å²) in [6.07, 6.45) is 4.11. The Hall–Kier alpha value is -4.30. The minimum absolute atomic E-state index is 0.297. The van der Waals surface area contributed by atoms with E-state index >= 15 is 0 Å². The second-order valence-corrected chi connectivity index (χ2v) is 9.41. The maximum atomic E-state index is 13.9. The molecule has 0 bridgehead atoms. The zero-order chi connectivity index (χ0) is 28.8. The molecule has 12 nitrogen and oxygen atoms in total. The molecule has 3 aromatic heterocycles. The van der Waals surface area contributed by atoms with Crippen LogP contribution in [0, 0.1) is 12.9 Å². The molecule has 13 heteroatoms. The summed E-state index contributed by atoms with van der Waals surface area (Å²) in [4.78, 5) is 31.8. The van der Waals surface area contributed by atoms with E-state index in [0.717, 1.165) is 11.3 Å². The molecule has 1 fully saturated rings. The minimum atomic E-state index is -0.626. The predicted molar refractivity (Wildman–Crippen MR) is 147 cm³/mol. The van der Waals surface area contributed by atoms with Gasteiger partial charge in [-0.2, -0.15) is 14.6 Å².